The zero-order chi connectivity index (χ0) is 20.2. The molecule has 27 heavy (non-hydrogen) atoms. The van der Waals surface area contributed by atoms with Crippen molar-refractivity contribution in [3.8, 4) is 0 Å². The quantitative estimate of drug-likeness (QED) is 0.748. The van der Waals surface area contributed by atoms with Crippen LogP contribution in [0.4, 0.5) is 13.2 Å². The van der Waals surface area contributed by atoms with Crippen molar-refractivity contribution in [2.24, 2.45) is 0 Å². The Morgan fingerprint density at radius 2 is 1.74 bits per heavy atom. The van der Waals surface area contributed by atoms with E-state index in [9.17, 15) is 26.4 Å². The van der Waals surface area contributed by atoms with Crippen LogP contribution >= 0.6 is 0 Å². The van der Waals surface area contributed by atoms with Crippen molar-refractivity contribution >= 4 is 16.0 Å². The first-order valence-corrected chi connectivity index (χ1v) is 9.94. The van der Waals surface area contributed by atoms with Crippen molar-refractivity contribution in [3.63, 3.8) is 0 Å². The van der Waals surface area contributed by atoms with E-state index in [1.165, 1.54) is 11.4 Å². The predicted molar refractivity (Wildman–Crippen MR) is 90.6 cm³/mol. The van der Waals surface area contributed by atoms with Crippen LogP contribution < -0.4 is 0 Å². The highest BCUT2D eigenvalue weighted by Crippen LogP contribution is 2.31. The van der Waals surface area contributed by atoms with Gasteiger partial charge in [-0.2, -0.15) is 17.5 Å². The van der Waals surface area contributed by atoms with Gasteiger partial charge >= 0.3 is 12.1 Å². The van der Waals surface area contributed by atoms with Crippen molar-refractivity contribution in [1.82, 2.24) is 4.31 Å². The molecule has 1 aliphatic carbocycles. The second kappa shape index (κ2) is 8.57. The number of rotatable bonds is 7. The molecule has 1 fully saturated rings. The minimum absolute atomic E-state index is 0.0812. The molecule has 0 unspecified atom stereocenters. The van der Waals surface area contributed by atoms with Gasteiger partial charge < -0.3 is 9.84 Å². The number of alkyl halides is 3. The van der Waals surface area contributed by atoms with E-state index in [4.69, 9.17) is 9.84 Å². The molecular formula is C17H22F3NO5S. The Hall–Kier alpha value is -1.65. The van der Waals surface area contributed by atoms with Gasteiger partial charge in [0, 0.05) is 13.1 Å². The van der Waals surface area contributed by atoms with Crippen molar-refractivity contribution in [2.75, 3.05) is 13.7 Å². The van der Waals surface area contributed by atoms with E-state index in [1.807, 2.05) is 0 Å². The summed E-state index contributed by atoms with van der Waals surface area (Å²) in [6, 6.07) is 3.17. The predicted octanol–water partition coefficient (Wildman–Crippen LogP) is 3.13. The van der Waals surface area contributed by atoms with E-state index in [0.717, 1.165) is 24.3 Å². The van der Waals surface area contributed by atoms with E-state index in [0.29, 0.717) is 25.7 Å². The number of ether oxygens (including phenoxy) is 1. The molecule has 1 aromatic carbocycles. The van der Waals surface area contributed by atoms with Crippen LogP contribution in [0.15, 0.2) is 29.2 Å². The fraction of sp³-hybridized carbons (Fsp3) is 0.588. The smallest absolute Gasteiger partial charge is 0.416 e. The standard InChI is InChI=1S/C17H22F3NO5S/c1-21(13-4-6-14(7-5-13)26-11-10-16(22)23)27(24,25)15-8-2-12(3-9-15)17(18,19)20/h2-3,8-9,13-14H,4-7,10-11H2,1H3,(H,22,23). The second-order valence-electron chi connectivity index (χ2n) is 6.49. The lowest BCUT2D eigenvalue weighted by Crippen LogP contribution is -2.40. The number of carboxylic acid groups (broad SMARTS) is 1. The summed E-state index contributed by atoms with van der Waals surface area (Å²) >= 11 is 0. The third kappa shape index (κ3) is 5.66. The summed E-state index contributed by atoms with van der Waals surface area (Å²) in [6.45, 7) is 0.115. The van der Waals surface area contributed by atoms with E-state index >= 15 is 0 Å². The highest BCUT2D eigenvalue weighted by Gasteiger charge is 2.34. The Morgan fingerprint density at radius 3 is 2.22 bits per heavy atom. The summed E-state index contributed by atoms with van der Waals surface area (Å²) < 4.78 is 69.9. The lowest BCUT2D eigenvalue weighted by Gasteiger charge is -2.34. The third-order valence-electron chi connectivity index (χ3n) is 4.69. The Morgan fingerprint density at radius 1 is 1.19 bits per heavy atom. The highest BCUT2D eigenvalue weighted by atomic mass is 32.2. The first kappa shape index (κ1) is 21.6. The number of hydrogen-bond donors (Lipinski definition) is 1. The van der Waals surface area contributed by atoms with Gasteiger partial charge in [0.05, 0.1) is 29.6 Å². The van der Waals surface area contributed by atoms with Crippen LogP contribution in [-0.4, -0.2) is 49.6 Å². The Bertz CT molecular complexity index is 741. The molecule has 0 aliphatic heterocycles. The SMILES string of the molecule is CN(C1CCC(OCCC(=O)O)CC1)S(=O)(=O)c1ccc(C(F)(F)F)cc1. The van der Waals surface area contributed by atoms with Gasteiger partial charge in [0.15, 0.2) is 0 Å². The summed E-state index contributed by atoms with van der Waals surface area (Å²) in [7, 11) is -2.48. The number of hydrogen-bond acceptors (Lipinski definition) is 4. The van der Waals surface area contributed by atoms with Crippen molar-refractivity contribution in [3.05, 3.63) is 29.8 Å². The molecule has 0 heterocycles. The average Bonchev–Trinajstić information content (AvgIpc) is 2.61. The topological polar surface area (TPSA) is 83.9 Å². The number of aliphatic carboxylic acids is 1. The van der Waals surface area contributed by atoms with Gasteiger partial charge in [-0.15, -0.1) is 0 Å². The summed E-state index contributed by atoms with van der Waals surface area (Å²) in [4.78, 5) is 10.3. The molecule has 0 saturated heterocycles. The molecule has 0 aromatic heterocycles. The van der Waals surface area contributed by atoms with Crippen LogP contribution in [-0.2, 0) is 25.7 Å². The number of carboxylic acids is 1. The molecule has 2 rings (SSSR count). The van der Waals surface area contributed by atoms with E-state index in [-0.39, 0.29) is 30.1 Å². The van der Waals surface area contributed by atoms with Gasteiger partial charge in [0.1, 0.15) is 0 Å². The number of carbonyl (C=O) groups is 1. The lowest BCUT2D eigenvalue weighted by atomic mass is 9.93. The lowest BCUT2D eigenvalue weighted by molar-refractivity contribution is -0.139. The van der Waals surface area contributed by atoms with Gasteiger partial charge in [-0.05, 0) is 49.9 Å². The van der Waals surface area contributed by atoms with E-state index in [2.05, 4.69) is 0 Å². The zero-order valence-corrected chi connectivity index (χ0v) is 15.6. The maximum Gasteiger partial charge on any atom is 0.416 e. The summed E-state index contributed by atoms with van der Waals surface area (Å²) in [6.07, 6.45) is -2.45. The zero-order valence-electron chi connectivity index (χ0n) is 14.8. The minimum atomic E-state index is -4.52. The van der Waals surface area contributed by atoms with Gasteiger partial charge in [-0.25, -0.2) is 8.42 Å². The number of halogens is 3. The Balaban J connectivity index is 1.96. The van der Waals surface area contributed by atoms with Crippen LogP contribution in [0.2, 0.25) is 0 Å². The van der Waals surface area contributed by atoms with Gasteiger partial charge in [0.2, 0.25) is 10.0 Å². The molecule has 0 spiro atoms. The first-order chi connectivity index (χ1) is 12.5. The monoisotopic (exact) mass is 409 g/mol. The normalized spacial score (nSPS) is 21.4. The summed E-state index contributed by atoms with van der Waals surface area (Å²) in [5.74, 6) is -0.939. The molecular weight excluding hydrogens is 387 g/mol. The van der Waals surface area contributed by atoms with Crippen LogP contribution in [0.1, 0.15) is 37.7 Å². The number of sulfonamides is 1. The molecule has 0 bridgehead atoms. The van der Waals surface area contributed by atoms with Gasteiger partial charge in [0.25, 0.3) is 0 Å². The molecule has 152 valence electrons. The molecule has 1 N–H and O–H groups in total. The molecule has 0 amide bonds. The molecule has 1 aliphatic rings. The summed E-state index contributed by atoms with van der Waals surface area (Å²) in [5, 5.41) is 8.60. The summed E-state index contributed by atoms with van der Waals surface area (Å²) in [5.41, 5.74) is -0.900. The highest BCUT2D eigenvalue weighted by molar-refractivity contribution is 7.89. The fourth-order valence-electron chi connectivity index (χ4n) is 3.07. The third-order valence-corrected chi connectivity index (χ3v) is 6.61. The molecule has 1 aromatic rings. The first-order valence-electron chi connectivity index (χ1n) is 8.50. The maximum atomic E-state index is 12.7. The molecule has 6 nitrogen and oxygen atoms in total. The van der Waals surface area contributed by atoms with Crippen LogP contribution in [0.25, 0.3) is 0 Å². The number of nitrogens with zero attached hydrogens (tertiary/aromatic N) is 1. The van der Waals surface area contributed by atoms with Crippen molar-refractivity contribution in [1.29, 1.82) is 0 Å². The Kier molecular flexibility index (Phi) is 6.87. The van der Waals surface area contributed by atoms with Crippen molar-refractivity contribution in [2.45, 2.75) is 55.3 Å². The Labute approximate surface area is 156 Å². The molecule has 1 saturated carbocycles. The van der Waals surface area contributed by atoms with Crippen LogP contribution in [0.5, 0.6) is 0 Å². The van der Waals surface area contributed by atoms with Crippen LogP contribution in [0.3, 0.4) is 0 Å². The largest absolute Gasteiger partial charge is 0.481 e. The van der Waals surface area contributed by atoms with Crippen molar-refractivity contribution < 1.29 is 36.2 Å². The van der Waals surface area contributed by atoms with E-state index in [1.54, 1.807) is 0 Å². The molecule has 0 atom stereocenters. The average molecular weight is 409 g/mol. The maximum absolute atomic E-state index is 12.7. The minimum Gasteiger partial charge on any atom is -0.481 e. The number of benzene rings is 1. The second-order valence-corrected chi connectivity index (χ2v) is 8.49. The van der Waals surface area contributed by atoms with Gasteiger partial charge in [-0.3, -0.25) is 4.79 Å². The van der Waals surface area contributed by atoms with Crippen LogP contribution in [0, 0.1) is 0 Å². The fourth-order valence-corrected chi connectivity index (χ4v) is 4.48. The molecule has 10 heteroatoms. The molecule has 0 radical (unpaired) electrons. The van der Waals surface area contributed by atoms with E-state index < -0.39 is 27.7 Å². The van der Waals surface area contributed by atoms with Gasteiger partial charge in [-0.1, -0.05) is 0 Å².